The number of carbonyl (C=O) groups is 2. The van der Waals surface area contributed by atoms with Crippen LogP contribution in [-0.4, -0.2) is 48.6 Å². The Hall–Kier alpha value is -3.99. The molecule has 0 bridgehead atoms. The number of sulfonamides is 1. The number of hydrogen-bond acceptors (Lipinski definition) is 7. The number of rotatable bonds is 6. The minimum atomic E-state index is -3.67. The first kappa shape index (κ1) is 22.2. The molecule has 170 valence electrons. The SMILES string of the molecule is CCOC(=O)c1ccn(-c2ccc(NC(=O)[C@H](C)N=C3NS(=O)(=O)c4ccccc43)cc2)n1. The van der Waals surface area contributed by atoms with Gasteiger partial charge in [-0.1, -0.05) is 12.1 Å². The van der Waals surface area contributed by atoms with Crippen molar-refractivity contribution in [3.8, 4) is 5.69 Å². The molecule has 1 aliphatic heterocycles. The quantitative estimate of drug-likeness (QED) is 0.534. The maximum Gasteiger partial charge on any atom is 0.358 e. The Bertz CT molecular complexity index is 1350. The Morgan fingerprint density at radius 2 is 1.88 bits per heavy atom. The van der Waals surface area contributed by atoms with Crippen LogP contribution in [-0.2, 0) is 19.6 Å². The van der Waals surface area contributed by atoms with Gasteiger partial charge in [0.15, 0.2) is 5.69 Å². The molecule has 2 heterocycles. The predicted molar refractivity (Wildman–Crippen MR) is 121 cm³/mol. The molecule has 11 heteroatoms. The standard InChI is InChI=1S/C22H21N5O5S/c1-3-32-22(29)18-12-13-27(25-18)16-10-8-15(9-11-16)24-21(28)14(2)23-20-17-6-4-5-7-19(17)33(30,31)26-20/h4-14H,3H2,1-2H3,(H,23,26)(H,24,28)/t14-/m0/s1. The number of carbonyl (C=O) groups excluding carboxylic acids is 2. The fourth-order valence-corrected chi connectivity index (χ4v) is 4.45. The zero-order valence-corrected chi connectivity index (χ0v) is 18.7. The summed E-state index contributed by atoms with van der Waals surface area (Å²) in [6.07, 6.45) is 1.64. The van der Waals surface area contributed by atoms with Gasteiger partial charge in [0.25, 0.3) is 10.0 Å². The molecule has 10 nitrogen and oxygen atoms in total. The fraction of sp³-hybridized carbons (Fsp3) is 0.182. The second kappa shape index (κ2) is 8.87. The van der Waals surface area contributed by atoms with Crippen molar-refractivity contribution in [2.45, 2.75) is 24.8 Å². The van der Waals surface area contributed by atoms with E-state index >= 15 is 0 Å². The number of esters is 1. The number of ether oxygens (including phenoxy) is 1. The molecular weight excluding hydrogens is 446 g/mol. The number of aromatic nitrogens is 2. The number of nitrogens with one attached hydrogen (secondary N) is 2. The highest BCUT2D eigenvalue weighted by molar-refractivity contribution is 7.90. The van der Waals surface area contributed by atoms with E-state index in [-0.39, 0.29) is 23.0 Å². The lowest BCUT2D eigenvalue weighted by Crippen LogP contribution is -2.28. The molecule has 1 atom stereocenters. The first-order valence-corrected chi connectivity index (χ1v) is 11.6. The van der Waals surface area contributed by atoms with Crippen LogP contribution in [0.2, 0.25) is 0 Å². The Labute approximate surface area is 190 Å². The molecule has 0 spiro atoms. The second-order valence-corrected chi connectivity index (χ2v) is 8.81. The van der Waals surface area contributed by atoms with Crippen molar-refractivity contribution >= 4 is 33.4 Å². The smallest absolute Gasteiger partial charge is 0.358 e. The molecule has 0 saturated heterocycles. The van der Waals surface area contributed by atoms with Crippen LogP contribution in [0, 0.1) is 0 Å². The van der Waals surface area contributed by atoms with E-state index < -0.39 is 27.9 Å². The van der Waals surface area contributed by atoms with Crippen LogP contribution in [0.25, 0.3) is 5.69 Å². The minimum absolute atomic E-state index is 0.136. The van der Waals surface area contributed by atoms with Crippen molar-refractivity contribution in [2.24, 2.45) is 4.99 Å². The van der Waals surface area contributed by atoms with Crippen LogP contribution >= 0.6 is 0 Å². The molecule has 1 aromatic heterocycles. The third-order valence-electron chi connectivity index (χ3n) is 4.84. The number of nitrogens with zero attached hydrogens (tertiary/aromatic N) is 3. The monoisotopic (exact) mass is 467 g/mol. The van der Waals surface area contributed by atoms with Gasteiger partial charge in [-0.25, -0.2) is 17.9 Å². The van der Waals surface area contributed by atoms with Gasteiger partial charge in [-0.15, -0.1) is 0 Å². The Morgan fingerprint density at radius 3 is 2.61 bits per heavy atom. The van der Waals surface area contributed by atoms with Gasteiger partial charge in [0.2, 0.25) is 5.91 Å². The first-order chi connectivity index (χ1) is 15.8. The van der Waals surface area contributed by atoms with Crippen LogP contribution in [0.4, 0.5) is 5.69 Å². The molecule has 1 amide bonds. The van der Waals surface area contributed by atoms with Crippen LogP contribution in [0.5, 0.6) is 0 Å². The van der Waals surface area contributed by atoms with Gasteiger partial charge in [-0.3, -0.25) is 14.5 Å². The summed E-state index contributed by atoms with van der Waals surface area (Å²) in [6.45, 7) is 3.56. The van der Waals surface area contributed by atoms with Gasteiger partial charge >= 0.3 is 5.97 Å². The summed E-state index contributed by atoms with van der Waals surface area (Å²) in [7, 11) is -3.67. The van der Waals surface area contributed by atoms with Gasteiger partial charge in [0.05, 0.1) is 17.2 Å². The van der Waals surface area contributed by atoms with Crippen molar-refractivity contribution in [2.75, 3.05) is 11.9 Å². The van der Waals surface area contributed by atoms with Crippen LogP contribution < -0.4 is 10.0 Å². The van der Waals surface area contributed by atoms with Gasteiger partial charge < -0.3 is 10.1 Å². The van der Waals surface area contributed by atoms with Crippen molar-refractivity contribution < 1.29 is 22.7 Å². The average molecular weight is 468 g/mol. The number of fused-ring (bicyclic) bond motifs is 1. The van der Waals surface area contributed by atoms with Crippen molar-refractivity contribution in [3.05, 3.63) is 72.1 Å². The molecule has 2 N–H and O–H groups in total. The van der Waals surface area contributed by atoms with Gasteiger partial charge in [-0.2, -0.15) is 5.10 Å². The van der Waals surface area contributed by atoms with E-state index in [9.17, 15) is 18.0 Å². The summed E-state index contributed by atoms with van der Waals surface area (Å²) in [5.41, 5.74) is 1.85. The zero-order chi connectivity index (χ0) is 23.6. The van der Waals surface area contributed by atoms with Crippen LogP contribution in [0.15, 0.2) is 70.7 Å². The summed E-state index contributed by atoms with van der Waals surface area (Å²) in [6, 6.07) is 14.0. The largest absolute Gasteiger partial charge is 0.461 e. The van der Waals surface area contributed by atoms with E-state index in [4.69, 9.17) is 4.74 Å². The molecule has 2 aromatic carbocycles. The normalized spacial score (nSPS) is 16.0. The molecule has 0 aliphatic carbocycles. The summed E-state index contributed by atoms with van der Waals surface area (Å²) in [4.78, 5) is 28.8. The van der Waals surface area contributed by atoms with E-state index in [2.05, 4.69) is 20.1 Å². The summed E-state index contributed by atoms with van der Waals surface area (Å²) in [5, 5.41) is 6.94. The number of aliphatic imine (C=N–C) groups is 1. The first-order valence-electron chi connectivity index (χ1n) is 10.1. The summed E-state index contributed by atoms with van der Waals surface area (Å²) >= 11 is 0. The molecule has 33 heavy (non-hydrogen) atoms. The minimum Gasteiger partial charge on any atom is -0.461 e. The van der Waals surface area contributed by atoms with Crippen molar-refractivity contribution in [3.63, 3.8) is 0 Å². The number of amidine groups is 1. The second-order valence-electron chi connectivity index (χ2n) is 7.16. The van der Waals surface area contributed by atoms with E-state index in [0.717, 1.165) is 0 Å². The number of amides is 1. The highest BCUT2D eigenvalue weighted by Gasteiger charge is 2.31. The molecular formula is C22H21N5O5S. The van der Waals surface area contributed by atoms with Crippen LogP contribution in [0.3, 0.4) is 0 Å². The van der Waals surface area contributed by atoms with Crippen LogP contribution in [0.1, 0.15) is 29.9 Å². The van der Waals surface area contributed by atoms with Crippen molar-refractivity contribution in [1.29, 1.82) is 0 Å². The fourth-order valence-electron chi connectivity index (χ4n) is 3.21. The van der Waals surface area contributed by atoms with Gasteiger partial charge in [-0.05, 0) is 56.3 Å². The average Bonchev–Trinajstić information content (AvgIpc) is 3.38. The lowest BCUT2D eigenvalue weighted by Gasteiger charge is -2.10. The number of hydrogen-bond donors (Lipinski definition) is 2. The predicted octanol–water partition coefficient (Wildman–Crippen LogP) is 2.11. The maximum absolute atomic E-state index is 12.6. The van der Waals surface area contributed by atoms with Gasteiger partial charge in [0.1, 0.15) is 11.9 Å². The summed E-state index contributed by atoms with van der Waals surface area (Å²) < 4.78 is 33.2. The molecule has 0 fully saturated rings. The molecule has 0 saturated carbocycles. The maximum atomic E-state index is 12.6. The third-order valence-corrected chi connectivity index (χ3v) is 6.24. The molecule has 4 rings (SSSR count). The van der Waals surface area contributed by atoms with Gasteiger partial charge in [0, 0.05) is 17.4 Å². The molecule has 1 aliphatic rings. The lowest BCUT2D eigenvalue weighted by molar-refractivity contribution is -0.117. The van der Waals surface area contributed by atoms with E-state index in [1.54, 1.807) is 68.6 Å². The third kappa shape index (κ3) is 4.62. The molecule has 0 unspecified atom stereocenters. The number of anilines is 1. The van der Waals surface area contributed by atoms with Crippen molar-refractivity contribution in [1.82, 2.24) is 14.5 Å². The van der Waals surface area contributed by atoms with E-state index in [0.29, 0.717) is 16.9 Å². The molecule has 0 radical (unpaired) electrons. The Kier molecular flexibility index (Phi) is 5.97. The zero-order valence-electron chi connectivity index (χ0n) is 17.8. The Morgan fingerprint density at radius 1 is 1.15 bits per heavy atom. The highest BCUT2D eigenvalue weighted by atomic mass is 32.2. The lowest BCUT2D eigenvalue weighted by atomic mass is 10.2. The molecule has 3 aromatic rings. The summed E-state index contributed by atoms with van der Waals surface area (Å²) in [5.74, 6) is -0.759. The highest BCUT2D eigenvalue weighted by Crippen LogP contribution is 2.23. The topological polar surface area (TPSA) is 132 Å². The number of benzene rings is 2. The van der Waals surface area contributed by atoms with E-state index in [1.807, 2.05) is 0 Å². The Balaban J connectivity index is 1.44. The van der Waals surface area contributed by atoms with E-state index in [1.165, 1.54) is 10.7 Å².